The van der Waals surface area contributed by atoms with Crippen LogP contribution in [-0.2, 0) is 7.05 Å². The van der Waals surface area contributed by atoms with Crippen molar-refractivity contribution in [2.24, 2.45) is 7.05 Å². The van der Waals surface area contributed by atoms with Gasteiger partial charge in [-0.25, -0.2) is 4.39 Å². The molecule has 0 aliphatic heterocycles. The minimum atomic E-state index is -0.585. The van der Waals surface area contributed by atoms with Crippen molar-refractivity contribution in [3.63, 3.8) is 0 Å². The second-order valence-corrected chi connectivity index (χ2v) is 5.54. The molecule has 0 saturated carbocycles. The molecule has 0 N–H and O–H groups in total. The third kappa shape index (κ3) is 2.34. The van der Waals surface area contributed by atoms with Crippen molar-refractivity contribution in [1.82, 2.24) is 4.57 Å². The van der Waals surface area contributed by atoms with E-state index in [9.17, 15) is 9.18 Å². The van der Waals surface area contributed by atoms with Crippen molar-refractivity contribution in [2.45, 2.75) is 6.92 Å². The highest BCUT2D eigenvalue weighted by molar-refractivity contribution is 6.31. The van der Waals surface area contributed by atoms with E-state index >= 15 is 0 Å². The SMILES string of the molecule is Cc1ccc2c(C(=O)c3ccc(Cl)c(F)c3)cn(C)c2c1. The number of carbonyl (C=O) groups excluding carboxylic acids is 1. The maximum atomic E-state index is 13.5. The molecule has 2 nitrogen and oxygen atoms in total. The normalized spacial score (nSPS) is 11.0. The fourth-order valence-corrected chi connectivity index (χ4v) is 2.59. The van der Waals surface area contributed by atoms with E-state index in [0.717, 1.165) is 16.5 Å². The number of rotatable bonds is 2. The fraction of sp³-hybridized carbons (Fsp3) is 0.118. The number of ketones is 1. The van der Waals surface area contributed by atoms with Crippen molar-refractivity contribution in [1.29, 1.82) is 0 Å². The van der Waals surface area contributed by atoms with Gasteiger partial charge in [-0.3, -0.25) is 4.79 Å². The Morgan fingerprint density at radius 1 is 1.19 bits per heavy atom. The molecule has 1 aromatic heterocycles. The van der Waals surface area contributed by atoms with E-state index in [-0.39, 0.29) is 10.8 Å². The summed E-state index contributed by atoms with van der Waals surface area (Å²) < 4.78 is 15.4. The molecular weight excluding hydrogens is 289 g/mol. The lowest BCUT2D eigenvalue weighted by atomic mass is 10.0. The molecule has 0 bridgehead atoms. The highest BCUT2D eigenvalue weighted by Crippen LogP contribution is 2.25. The van der Waals surface area contributed by atoms with Crippen LogP contribution in [0.15, 0.2) is 42.6 Å². The molecule has 0 saturated heterocycles. The standard InChI is InChI=1S/C17H13ClFNO/c1-10-3-5-12-13(9-20(2)16(12)7-10)17(21)11-4-6-14(18)15(19)8-11/h3-9H,1-2H3. The van der Waals surface area contributed by atoms with Gasteiger partial charge in [0.15, 0.2) is 5.78 Å². The molecule has 2 aromatic carbocycles. The summed E-state index contributed by atoms with van der Waals surface area (Å²) in [4.78, 5) is 12.6. The largest absolute Gasteiger partial charge is 0.350 e. The van der Waals surface area contributed by atoms with Crippen LogP contribution in [0.1, 0.15) is 21.5 Å². The fourth-order valence-electron chi connectivity index (χ4n) is 2.47. The minimum Gasteiger partial charge on any atom is -0.350 e. The Labute approximate surface area is 126 Å². The quantitative estimate of drug-likeness (QED) is 0.638. The van der Waals surface area contributed by atoms with Crippen LogP contribution in [-0.4, -0.2) is 10.4 Å². The number of fused-ring (bicyclic) bond motifs is 1. The third-order valence-electron chi connectivity index (χ3n) is 3.57. The molecular formula is C17H13ClFNO. The monoisotopic (exact) mass is 301 g/mol. The van der Waals surface area contributed by atoms with Crippen LogP contribution >= 0.6 is 11.6 Å². The van der Waals surface area contributed by atoms with Crippen LogP contribution < -0.4 is 0 Å². The van der Waals surface area contributed by atoms with Crippen molar-refractivity contribution >= 4 is 28.3 Å². The van der Waals surface area contributed by atoms with E-state index in [2.05, 4.69) is 0 Å². The van der Waals surface area contributed by atoms with Crippen LogP contribution in [0, 0.1) is 12.7 Å². The number of nitrogens with zero attached hydrogens (tertiary/aromatic N) is 1. The number of halogens is 2. The Balaban J connectivity index is 2.15. The first-order valence-electron chi connectivity index (χ1n) is 6.53. The Kier molecular flexibility index (Phi) is 3.30. The van der Waals surface area contributed by atoms with E-state index in [1.165, 1.54) is 12.1 Å². The topological polar surface area (TPSA) is 22.0 Å². The van der Waals surface area contributed by atoms with Gasteiger partial charge in [0.1, 0.15) is 5.82 Å². The molecule has 4 heteroatoms. The molecule has 0 atom stereocenters. The number of hydrogen-bond acceptors (Lipinski definition) is 1. The molecule has 0 amide bonds. The summed E-state index contributed by atoms with van der Waals surface area (Å²) in [5, 5.41) is 0.878. The Morgan fingerprint density at radius 2 is 1.95 bits per heavy atom. The van der Waals surface area contributed by atoms with Crippen molar-refractivity contribution in [2.75, 3.05) is 0 Å². The van der Waals surface area contributed by atoms with Gasteiger partial charge in [0.05, 0.1) is 5.02 Å². The zero-order chi connectivity index (χ0) is 15.1. The van der Waals surface area contributed by atoms with Crippen molar-refractivity contribution in [3.05, 3.63) is 70.1 Å². The average molecular weight is 302 g/mol. The van der Waals surface area contributed by atoms with Crippen LogP contribution in [0.4, 0.5) is 4.39 Å². The first kappa shape index (κ1) is 13.8. The third-order valence-corrected chi connectivity index (χ3v) is 3.88. The van der Waals surface area contributed by atoms with Gasteiger partial charge in [-0.2, -0.15) is 0 Å². The smallest absolute Gasteiger partial charge is 0.195 e. The Hall–Kier alpha value is -2.13. The molecule has 0 fully saturated rings. The maximum absolute atomic E-state index is 13.5. The zero-order valence-electron chi connectivity index (χ0n) is 11.7. The summed E-state index contributed by atoms with van der Waals surface area (Å²) >= 11 is 5.66. The number of carbonyl (C=O) groups is 1. The van der Waals surface area contributed by atoms with Crippen molar-refractivity contribution < 1.29 is 9.18 Å². The van der Waals surface area contributed by atoms with Gasteiger partial charge in [-0.15, -0.1) is 0 Å². The predicted octanol–water partition coefficient (Wildman–Crippen LogP) is 4.51. The molecule has 3 aromatic rings. The van der Waals surface area contributed by atoms with Gasteiger partial charge in [0, 0.05) is 35.3 Å². The average Bonchev–Trinajstić information content (AvgIpc) is 2.78. The first-order valence-corrected chi connectivity index (χ1v) is 6.90. The molecule has 3 rings (SSSR count). The number of aromatic nitrogens is 1. The van der Waals surface area contributed by atoms with Gasteiger partial charge < -0.3 is 4.57 Å². The molecule has 0 spiro atoms. The summed E-state index contributed by atoms with van der Waals surface area (Å²) in [5.41, 5.74) is 2.97. The predicted molar refractivity (Wildman–Crippen MR) is 82.5 cm³/mol. The number of aryl methyl sites for hydroxylation is 2. The van der Waals surface area contributed by atoms with E-state index in [4.69, 9.17) is 11.6 Å². The highest BCUT2D eigenvalue weighted by atomic mass is 35.5. The van der Waals surface area contributed by atoms with Crippen LogP contribution in [0.2, 0.25) is 5.02 Å². The lowest BCUT2D eigenvalue weighted by Gasteiger charge is -2.01. The molecule has 0 aliphatic rings. The Bertz CT molecular complexity index is 867. The summed E-state index contributed by atoms with van der Waals surface area (Å²) in [6.07, 6.45) is 1.78. The number of hydrogen-bond donors (Lipinski definition) is 0. The zero-order valence-corrected chi connectivity index (χ0v) is 12.4. The molecule has 0 unspecified atom stereocenters. The van der Waals surface area contributed by atoms with Crippen LogP contribution in [0.3, 0.4) is 0 Å². The van der Waals surface area contributed by atoms with Crippen LogP contribution in [0.5, 0.6) is 0 Å². The molecule has 21 heavy (non-hydrogen) atoms. The minimum absolute atomic E-state index is 0.0140. The van der Waals surface area contributed by atoms with Gasteiger partial charge in [0.25, 0.3) is 0 Å². The molecule has 0 radical (unpaired) electrons. The second-order valence-electron chi connectivity index (χ2n) is 5.13. The second kappa shape index (κ2) is 5.01. The lowest BCUT2D eigenvalue weighted by molar-refractivity contribution is 0.103. The summed E-state index contributed by atoms with van der Waals surface area (Å²) in [5.74, 6) is -0.793. The first-order chi connectivity index (χ1) is 9.97. The number of benzene rings is 2. The van der Waals surface area contributed by atoms with Crippen LogP contribution in [0.25, 0.3) is 10.9 Å². The lowest BCUT2D eigenvalue weighted by Crippen LogP contribution is -2.01. The molecule has 0 aliphatic carbocycles. The van der Waals surface area contributed by atoms with E-state index in [1.54, 1.807) is 12.3 Å². The van der Waals surface area contributed by atoms with Gasteiger partial charge in [0.2, 0.25) is 0 Å². The van der Waals surface area contributed by atoms with Gasteiger partial charge >= 0.3 is 0 Å². The van der Waals surface area contributed by atoms with Gasteiger partial charge in [-0.05, 0) is 36.8 Å². The summed E-state index contributed by atoms with van der Waals surface area (Å²) in [7, 11) is 1.89. The Morgan fingerprint density at radius 3 is 2.67 bits per heavy atom. The van der Waals surface area contributed by atoms with Gasteiger partial charge in [-0.1, -0.05) is 23.7 Å². The van der Waals surface area contributed by atoms with Crippen molar-refractivity contribution in [3.8, 4) is 0 Å². The molecule has 106 valence electrons. The van der Waals surface area contributed by atoms with E-state index < -0.39 is 5.82 Å². The summed E-state index contributed by atoms with van der Waals surface area (Å²) in [6.45, 7) is 2.00. The van der Waals surface area contributed by atoms with E-state index in [0.29, 0.717) is 11.1 Å². The maximum Gasteiger partial charge on any atom is 0.195 e. The molecule has 1 heterocycles. The highest BCUT2D eigenvalue weighted by Gasteiger charge is 2.17. The van der Waals surface area contributed by atoms with E-state index in [1.807, 2.05) is 36.7 Å². The summed E-state index contributed by atoms with van der Waals surface area (Å²) in [6, 6.07) is 10.0.